The molecular weight excluding hydrogens is 851 g/mol. The molecule has 3 heteroatoms. The van der Waals surface area contributed by atoms with Crippen LogP contribution in [-0.4, -0.2) is 0 Å². The van der Waals surface area contributed by atoms with Crippen molar-refractivity contribution in [1.29, 1.82) is 0 Å². The summed E-state index contributed by atoms with van der Waals surface area (Å²) in [5.41, 5.74) is 20.0. The number of hydrogen-bond donors (Lipinski definition) is 0. The third-order valence-electron chi connectivity index (χ3n) is 14.5. The SMILES string of the molecule is c1ccc(-c2cccc(N(c3ccc4c(c3)C(c3ccccc3)(c3ccccc3)c3ccccc3-4)c3ccc4oc5c(-c6ccccc6-c6ccccc6)c6c(cc5c4c3)oc3ccccc36)c2)cc1. The monoisotopic (exact) mass is 893 g/mol. The Morgan fingerprint density at radius 2 is 0.857 bits per heavy atom. The van der Waals surface area contributed by atoms with Crippen LogP contribution < -0.4 is 4.90 Å². The van der Waals surface area contributed by atoms with Gasteiger partial charge in [-0.15, -0.1) is 0 Å². The van der Waals surface area contributed by atoms with E-state index in [1.165, 1.54) is 33.4 Å². The molecule has 0 N–H and O–H groups in total. The van der Waals surface area contributed by atoms with Crippen LogP contribution in [-0.2, 0) is 5.41 Å². The average Bonchev–Trinajstić information content (AvgIpc) is 4.10. The number of para-hydroxylation sites is 1. The first-order valence-electron chi connectivity index (χ1n) is 24.0. The molecule has 0 aliphatic heterocycles. The molecule has 14 rings (SSSR count). The van der Waals surface area contributed by atoms with E-state index >= 15 is 0 Å². The molecule has 0 unspecified atom stereocenters. The van der Waals surface area contributed by atoms with Gasteiger partial charge >= 0.3 is 0 Å². The molecule has 3 nitrogen and oxygen atoms in total. The molecule has 0 spiro atoms. The quantitative estimate of drug-likeness (QED) is 0.152. The van der Waals surface area contributed by atoms with E-state index in [0.29, 0.717) is 0 Å². The van der Waals surface area contributed by atoms with Crippen LogP contribution in [0.1, 0.15) is 22.3 Å². The van der Waals surface area contributed by atoms with Crippen molar-refractivity contribution >= 4 is 60.9 Å². The predicted octanol–water partition coefficient (Wildman–Crippen LogP) is 18.3. The highest BCUT2D eigenvalue weighted by Gasteiger charge is 2.46. The van der Waals surface area contributed by atoms with Gasteiger partial charge < -0.3 is 13.7 Å². The van der Waals surface area contributed by atoms with E-state index in [1.807, 2.05) is 6.07 Å². The van der Waals surface area contributed by atoms with Crippen LogP contribution in [0.3, 0.4) is 0 Å². The lowest BCUT2D eigenvalue weighted by atomic mass is 9.67. The lowest BCUT2D eigenvalue weighted by Gasteiger charge is -2.35. The predicted molar refractivity (Wildman–Crippen MR) is 289 cm³/mol. The molecule has 0 fully saturated rings. The normalized spacial score (nSPS) is 12.7. The largest absolute Gasteiger partial charge is 0.456 e. The maximum absolute atomic E-state index is 7.14. The van der Waals surface area contributed by atoms with Gasteiger partial charge in [-0.25, -0.2) is 0 Å². The standard InChI is InChI=1S/C67H43NO2/c1-5-20-44(21-6-1)46-24-19-29-49(40-46)68(51-36-38-54-53-31-15-17-34-59(53)67(60(54)42-51,47-25-9-3-10-26-47)48-27-11-4-12-28-48)50-37-39-62-57(41-50)58-43-63-64(56-33-16-18-35-61(56)69-63)65(66(58)70-62)55-32-14-13-30-52(55)45-22-7-2-8-23-45/h1-43H. The number of hydrogen-bond acceptors (Lipinski definition) is 3. The van der Waals surface area contributed by atoms with Crippen LogP contribution in [0, 0.1) is 0 Å². The van der Waals surface area contributed by atoms with Crippen molar-refractivity contribution in [3.8, 4) is 44.5 Å². The molecule has 0 bridgehead atoms. The van der Waals surface area contributed by atoms with Crippen LogP contribution in [0.4, 0.5) is 17.1 Å². The molecule has 13 aromatic rings. The fourth-order valence-electron chi connectivity index (χ4n) is 11.5. The van der Waals surface area contributed by atoms with Gasteiger partial charge in [0.1, 0.15) is 22.3 Å². The maximum Gasteiger partial charge on any atom is 0.144 e. The summed E-state index contributed by atoms with van der Waals surface area (Å²) in [6, 6.07) is 94.1. The van der Waals surface area contributed by atoms with Gasteiger partial charge in [-0.1, -0.05) is 206 Å². The molecule has 0 saturated carbocycles. The van der Waals surface area contributed by atoms with Crippen molar-refractivity contribution in [3.63, 3.8) is 0 Å². The van der Waals surface area contributed by atoms with Crippen LogP contribution in [0.5, 0.6) is 0 Å². The zero-order valence-corrected chi connectivity index (χ0v) is 38.1. The summed E-state index contributed by atoms with van der Waals surface area (Å²) in [4.78, 5) is 2.42. The summed E-state index contributed by atoms with van der Waals surface area (Å²) < 4.78 is 13.9. The lowest BCUT2D eigenvalue weighted by molar-refractivity contribution is 0.664. The molecule has 0 saturated heterocycles. The van der Waals surface area contributed by atoms with Crippen molar-refractivity contribution in [3.05, 3.63) is 283 Å². The lowest BCUT2D eigenvalue weighted by Crippen LogP contribution is -2.28. The van der Waals surface area contributed by atoms with E-state index in [-0.39, 0.29) is 0 Å². The second kappa shape index (κ2) is 16.0. The molecule has 328 valence electrons. The summed E-state index contributed by atoms with van der Waals surface area (Å²) in [7, 11) is 0. The zero-order chi connectivity index (χ0) is 46.2. The van der Waals surface area contributed by atoms with E-state index in [4.69, 9.17) is 8.83 Å². The fourth-order valence-corrected chi connectivity index (χ4v) is 11.5. The van der Waals surface area contributed by atoms with E-state index in [9.17, 15) is 0 Å². The minimum Gasteiger partial charge on any atom is -0.456 e. The Morgan fingerprint density at radius 3 is 1.61 bits per heavy atom. The smallest absolute Gasteiger partial charge is 0.144 e. The van der Waals surface area contributed by atoms with Gasteiger partial charge in [0.2, 0.25) is 0 Å². The van der Waals surface area contributed by atoms with E-state index in [0.717, 1.165) is 94.3 Å². The first kappa shape index (κ1) is 39.9. The molecule has 70 heavy (non-hydrogen) atoms. The Kier molecular flexibility index (Phi) is 9.11. The number of furan rings is 2. The Bertz CT molecular complexity index is 4070. The minimum atomic E-state index is -0.558. The second-order valence-corrected chi connectivity index (χ2v) is 18.3. The van der Waals surface area contributed by atoms with Crippen LogP contribution in [0.2, 0.25) is 0 Å². The summed E-state index contributed by atoms with van der Waals surface area (Å²) >= 11 is 0. The van der Waals surface area contributed by atoms with Crippen molar-refractivity contribution in [2.45, 2.75) is 5.41 Å². The van der Waals surface area contributed by atoms with Crippen LogP contribution >= 0.6 is 0 Å². The van der Waals surface area contributed by atoms with Gasteiger partial charge in [0.25, 0.3) is 0 Å². The highest BCUT2D eigenvalue weighted by Crippen LogP contribution is 2.57. The molecular formula is C67H43NO2. The zero-order valence-electron chi connectivity index (χ0n) is 38.1. The Morgan fingerprint density at radius 1 is 0.300 bits per heavy atom. The van der Waals surface area contributed by atoms with Gasteiger partial charge in [0.05, 0.1) is 5.41 Å². The number of anilines is 3. The average molecular weight is 894 g/mol. The molecule has 2 aromatic heterocycles. The highest BCUT2D eigenvalue weighted by molar-refractivity contribution is 6.24. The number of nitrogens with zero attached hydrogens (tertiary/aromatic N) is 1. The van der Waals surface area contributed by atoms with Crippen molar-refractivity contribution in [2.24, 2.45) is 0 Å². The third kappa shape index (κ3) is 6.08. The van der Waals surface area contributed by atoms with Crippen molar-refractivity contribution in [1.82, 2.24) is 0 Å². The summed E-state index contributed by atoms with van der Waals surface area (Å²) in [6.45, 7) is 0. The van der Waals surface area contributed by atoms with Crippen molar-refractivity contribution in [2.75, 3.05) is 4.90 Å². The van der Waals surface area contributed by atoms with E-state index < -0.39 is 5.41 Å². The van der Waals surface area contributed by atoms with Crippen LogP contribution in [0.25, 0.3) is 88.4 Å². The van der Waals surface area contributed by atoms with Gasteiger partial charge in [0, 0.05) is 44.2 Å². The van der Waals surface area contributed by atoms with E-state index in [1.54, 1.807) is 0 Å². The number of benzene rings is 11. The molecule has 1 aliphatic carbocycles. The molecule has 0 atom stereocenters. The molecule has 0 radical (unpaired) electrons. The highest BCUT2D eigenvalue weighted by atomic mass is 16.3. The Hall–Kier alpha value is -9.18. The topological polar surface area (TPSA) is 29.5 Å². The second-order valence-electron chi connectivity index (χ2n) is 18.3. The van der Waals surface area contributed by atoms with Gasteiger partial charge in [-0.2, -0.15) is 0 Å². The van der Waals surface area contributed by atoms with Gasteiger partial charge in [0.15, 0.2) is 0 Å². The number of fused-ring (bicyclic) bond motifs is 9. The van der Waals surface area contributed by atoms with E-state index in [2.05, 4.69) is 260 Å². The minimum absolute atomic E-state index is 0.558. The molecule has 2 heterocycles. The van der Waals surface area contributed by atoms with Crippen molar-refractivity contribution < 1.29 is 8.83 Å². The first-order chi connectivity index (χ1) is 34.7. The summed E-state index contributed by atoms with van der Waals surface area (Å²) in [5.74, 6) is 0. The first-order valence-corrected chi connectivity index (χ1v) is 24.0. The van der Waals surface area contributed by atoms with Gasteiger partial charge in [-0.05, 0) is 116 Å². The molecule has 0 amide bonds. The Balaban J connectivity index is 1.04. The molecule has 1 aliphatic rings. The maximum atomic E-state index is 7.14. The summed E-state index contributed by atoms with van der Waals surface area (Å²) in [5, 5.41) is 4.11. The summed E-state index contributed by atoms with van der Waals surface area (Å²) in [6.07, 6.45) is 0. The fraction of sp³-hybridized carbons (Fsp3) is 0.0149. The van der Waals surface area contributed by atoms with Gasteiger partial charge in [-0.3, -0.25) is 0 Å². The third-order valence-corrected chi connectivity index (χ3v) is 14.5. The Labute approximate surface area is 405 Å². The molecule has 11 aromatic carbocycles. The number of rotatable bonds is 8. The van der Waals surface area contributed by atoms with Crippen LogP contribution in [0.15, 0.2) is 270 Å².